The number of aromatic nitrogens is 1. The van der Waals surface area contributed by atoms with Gasteiger partial charge in [0.2, 0.25) is 0 Å². The van der Waals surface area contributed by atoms with E-state index in [1.54, 1.807) is 0 Å². The summed E-state index contributed by atoms with van der Waals surface area (Å²) in [4.78, 5) is 4.41. The molecule has 0 saturated heterocycles. The Morgan fingerprint density at radius 1 is 0.941 bits per heavy atom. The van der Waals surface area contributed by atoms with Crippen molar-refractivity contribution in [3.8, 4) is 0 Å². The summed E-state index contributed by atoms with van der Waals surface area (Å²) in [6.07, 6.45) is 4.07. The summed E-state index contributed by atoms with van der Waals surface area (Å²) in [5.74, 6) is 0.884. The number of benzene rings is 1. The molecule has 2 nitrogen and oxygen atoms in total. The van der Waals surface area contributed by atoms with E-state index in [0.29, 0.717) is 0 Å². The summed E-state index contributed by atoms with van der Waals surface area (Å²) in [6.45, 7) is 0. The van der Waals surface area contributed by atoms with Crippen LogP contribution in [0.25, 0.3) is 12.2 Å². The molecule has 1 aromatic heterocycles. The SMILES string of the molecule is CNc1cccc(/C=C/c2ccccc2)n1.Cl. The molecule has 1 aromatic carbocycles. The Morgan fingerprint density at radius 3 is 2.41 bits per heavy atom. The van der Waals surface area contributed by atoms with Crippen LogP contribution in [0.1, 0.15) is 11.3 Å². The second-order valence-electron chi connectivity index (χ2n) is 3.44. The van der Waals surface area contributed by atoms with Crippen LogP contribution in [0.5, 0.6) is 0 Å². The molecule has 2 rings (SSSR count). The van der Waals surface area contributed by atoms with Crippen LogP contribution in [0.3, 0.4) is 0 Å². The fourth-order valence-corrected chi connectivity index (χ4v) is 1.43. The first-order chi connectivity index (χ1) is 7.88. The third-order valence-corrected chi connectivity index (χ3v) is 2.27. The smallest absolute Gasteiger partial charge is 0.126 e. The van der Waals surface area contributed by atoms with Crippen molar-refractivity contribution in [2.75, 3.05) is 12.4 Å². The number of hydrogen-bond donors (Lipinski definition) is 1. The van der Waals surface area contributed by atoms with Crippen molar-refractivity contribution < 1.29 is 0 Å². The summed E-state index contributed by atoms with van der Waals surface area (Å²) in [5.41, 5.74) is 2.13. The van der Waals surface area contributed by atoms with Crippen molar-refractivity contribution in [2.45, 2.75) is 0 Å². The van der Waals surface area contributed by atoms with Crippen LogP contribution in [0.2, 0.25) is 0 Å². The standard InChI is InChI=1S/C14H14N2.ClH/c1-15-14-9-5-8-13(16-14)11-10-12-6-3-2-4-7-12;/h2-11H,1H3,(H,15,16);1H/b11-10+;. The molecular formula is C14H15ClN2. The molecule has 0 unspecified atom stereocenters. The van der Waals surface area contributed by atoms with Crippen LogP contribution < -0.4 is 5.32 Å². The van der Waals surface area contributed by atoms with Gasteiger partial charge in [-0.2, -0.15) is 0 Å². The number of nitrogens with zero attached hydrogens (tertiary/aromatic N) is 1. The van der Waals surface area contributed by atoms with Gasteiger partial charge in [0.05, 0.1) is 5.69 Å². The normalized spacial score (nSPS) is 9.94. The van der Waals surface area contributed by atoms with Crippen LogP contribution in [0.4, 0.5) is 5.82 Å². The summed E-state index contributed by atoms with van der Waals surface area (Å²) in [7, 11) is 1.87. The molecule has 0 atom stereocenters. The van der Waals surface area contributed by atoms with Crippen LogP contribution in [-0.4, -0.2) is 12.0 Å². The molecule has 0 aliphatic heterocycles. The summed E-state index contributed by atoms with van der Waals surface area (Å²) in [6, 6.07) is 16.1. The monoisotopic (exact) mass is 246 g/mol. The predicted octanol–water partition coefficient (Wildman–Crippen LogP) is 3.72. The summed E-state index contributed by atoms with van der Waals surface area (Å²) in [5, 5.41) is 3.02. The van der Waals surface area contributed by atoms with E-state index in [4.69, 9.17) is 0 Å². The molecule has 0 amide bonds. The number of nitrogens with one attached hydrogen (secondary N) is 1. The quantitative estimate of drug-likeness (QED) is 0.893. The fourth-order valence-electron chi connectivity index (χ4n) is 1.43. The van der Waals surface area contributed by atoms with E-state index in [0.717, 1.165) is 11.5 Å². The Balaban J connectivity index is 0.00000144. The molecule has 0 fully saturated rings. The molecule has 0 saturated carbocycles. The van der Waals surface area contributed by atoms with Gasteiger partial charge in [0, 0.05) is 7.05 Å². The van der Waals surface area contributed by atoms with Crippen molar-refractivity contribution in [2.24, 2.45) is 0 Å². The highest BCUT2D eigenvalue weighted by Gasteiger charge is 1.91. The molecule has 2 aromatic rings. The second-order valence-corrected chi connectivity index (χ2v) is 3.44. The maximum Gasteiger partial charge on any atom is 0.126 e. The lowest BCUT2D eigenvalue weighted by molar-refractivity contribution is 1.26. The van der Waals surface area contributed by atoms with Gasteiger partial charge in [0.1, 0.15) is 5.82 Å². The van der Waals surface area contributed by atoms with E-state index >= 15 is 0 Å². The molecule has 0 radical (unpaired) electrons. The minimum Gasteiger partial charge on any atom is -0.373 e. The van der Waals surface area contributed by atoms with Gasteiger partial charge in [-0.1, -0.05) is 42.5 Å². The number of anilines is 1. The van der Waals surface area contributed by atoms with Gasteiger partial charge < -0.3 is 5.32 Å². The van der Waals surface area contributed by atoms with Gasteiger partial charge >= 0.3 is 0 Å². The summed E-state index contributed by atoms with van der Waals surface area (Å²) >= 11 is 0. The maximum atomic E-state index is 4.41. The van der Waals surface area contributed by atoms with Crippen molar-refractivity contribution >= 4 is 30.4 Å². The number of hydrogen-bond acceptors (Lipinski definition) is 2. The van der Waals surface area contributed by atoms with Crippen molar-refractivity contribution in [1.82, 2.24) is 4.98 Å². The molecule has 0 aliphatic carbocycles. The Kier molecular flexibility index (Phi) is 5.24. The number of halogens is 1. The van der Waals surface area contributed by atoms with Crippen LogP contribution in [0, 0.1) is 0 Å². The van der Waals surface area contributed by atoms with Gasteiger partial charge in [-0.05, 0) is 23.8 Å². The average molecular weight is 247 g/mol. The van der Waals surface area contributed by atoms with Gasteiger partial charge in [-0.25, -0.2) is 4.98 Å². The lowest BCUT2D eigenvalue weighted by Gasteiger charge is -1.99. The van der Waals surface area contributed by atoms with E-state index in [1.165, 1.54) is 5.56 Å². The molecule has 17 heavy (non-hydrogen) atoms. The fraction of sp³-hybridized carbons (Fsp3) is 0.0714. The molecule has 3 heteroatoms. The molecule has 88 valence electrons. The van der Waals surface area contributed by atoms with Gasteiger partial charge in [-0.15, -0.1) is 12.4 Å². The molecule has 1 N–H and O–H groups in total. The highest BCUT2D eigenvalue weighted by atomic mass is 35.5. The van der Waals surface area contributed by atoms with Crippen LogP contribution in [-0.2, 0) is 0 Å². The lowest BCUT2D eigenvalue weighted by atomic mass is 10.2. The van der Waals surface area contributed by atoms with E-state index in [2.05, 4.69) is 28.5 Å². The minimum absolute atomic E-state index is 0. The summed E-state index contributed by atoms with van der Waals surface area (Å²) < 4.78 is 0. The highest BCUT2D eigenvalue weighted by molar-refractivity contribution is 5.85. The highest BCUT2D eigenvalue weighted by Crippen LogP contribution is 2.08. The first-order valence-corrected chi connectivity index (χ1v) is 5.26. The first kappa shape index (κ1) is 13.3. The molecule has 1 heterocycles. The topological polar surface area (TPSA) is 24.9 Å². The van der Waals surface area contributed by atoms with Crippen molar-refractivity contribution in [3.05, 3.63) is 59.8 Å². The van der Waals surface area contributed by atoms with E-state index in [-0.39, 0.29) is 12.4 Å². The Morgan fingerprint density at radius 2 is 1.71 bits per heavy atom. The predicted molar refractivity (Wildman–Crippen MR) is 76.4 cm³/mol. The van der Waals surface area contributed by atoms with Crippen LogP contribution in [0.15, 0.2) is 48.5 Å². The zero-order valence-corrected chi connectivity index (χ0v) is 10.4. The third-order valence-electron chi connectivity index (χ3n) is 2.27. The van der Waals surface area contributed by atoms with Crippen LogP contribution >= 0.6 is 12.4 Å². The molecular weight excluding hydrogens is 232 g/mol. The van der Waals surface area contributed by atoms with E-state index in [1.807, 2.05) is 49.5 Å². The van der Waals surface area contributed by atoms with Crippen molar-refractivity contribution in [3.63, 3.8) is 0 Å². The van der Waals surface area contributed by atoms with Crippen molar-refractivity contribution in [1.29, 1.82) is 0 Å². The molecule has 0 spiro atoms. The van der Waals surface area contributed by atoms with Gasteiger partial charge in [-0.3, -0.25) is 0 Å². The van der Waals surface area contributed by atoms with Gasteiger partial charge in [0.15, 0.2) is 0 Å². The third kappa shape index (κ3) is 3.93. The Labute approximate surface area is 108 Å². The Hall–Kier alpha value is -1.80. The minimum atomic E-state index is 0. The Bertz CT molecular complexity index is 481. The first-order valence-electron chi connectivity index (χ1n) is 5.26. The number of rotatable bonds is 3. The zero-order chi connectivity index (χ0) is 11.2. The second kappa shape index (κ2) is 6.71. The average Bonchev–Trinajstić information content (AvgIpc) is 2.38. The van der Waals surface area contributed by atoms with E-state index in [9.17, 15) is 0 Å². The lowest BCUT2D eigenvalue weighted by Crippen LogP contribution is -1.92. The maximum absolute atomic E-state index is 4.41. The molecule has 0 aliphatic rings. The zero-order valence-electron chi connectivity index (χ0n) is 9.63. The molecule has 0 bridgehead atoms. The number of pyridine rings is 1. The largest absolute Gasteiger partial charge is 0.373 e. The van der Waals surface area contributed by atoms with Gasteiger partial charge in [0.25, 0.3) is 0 Å². The van der Waals surface area contributed by atoms with E-state index < -0.39 is 0 Å².